The van der Waals surface area contributed by atoms with E-state index in [1.807, 2.05) is 0 Å². The molecule has 21 heavy (non-hydrogen) atoms. The largest absolute Gasteiger partial charge is 0.416 e. The van der Waals surface area contributed by atoms with Gasteiger partial charge < -0.3 is 10.2 Å². The molecule has 3 saturated heterocycles. The van der Waals surface area contributed by atoms with E-state index in [0.717, 1.165) is 38.5 Å². The lowest BCUT2D eigenvalue weighted by Gasteiger charge is -2.45. The first kappa shape index (κ1) is 14.8. The van der Waals surface area contributed by atoms with Crippen molar-refractivity contribution in [3.05, 3.63) is 35.1 Å². The molecule has 0 amide bonds. The van der Waals surface area contributed by atoms with Crippen LogP contribution in [-0.2, 0) is 12.7 Å². The number of nitrogens with one attached hydrogen (secondary N) is 1. The van der Waals surface area contributed by atoms with E-state index >= 15 is 0 Å². The summed E-state index contributed by atoms with van der Waals surface area (Å²) in [5.41, 5.74) is -0.767. The van der Waals surface area contributed by atoms with Crippen LogP contribution in [0.5, 0.6) is 0 Å². The highest BCUT2D eigenvalue weighted by atomic mass is 19.4. The smallest absolute Gasteiger partial charge is 0.308 e. The molecule has 1 atom stereocenters. The Balaban J connectivity index is 1.71. The van der Waals surface area contributed by atoms with Crippen LogP contribution in [0.2, 0.25) is 0 Å². The van der Waals surface area contributed by atoms with E-state index in [9.17, 15) is 17.6 Å². The van der Waals surface area contributed by atoms with Crippen molar-refractivity contribution in [2.75, 3.05) is 19.6 Å². The van der Waals surface area contributed by atoms with Crippen LogP contribution in [0, 0.1) is 11.7 Å². The molecule has 2 nitrogen and oxygen atoms in total. The molecule has 0 radical (unpaired) electrons. The van der Waals surface area contributed by atoms with Gasteiger partial charge in [-0.2, -0.15) is 13.2 Å². The van der Waals surface area contributed by atoms with Gasteiger partial charge in [0.2, 0.25) is 0 Å². The zero-order chi connectivity index (χ0) is 15.0. The topological polar surface area (TPSA) is 15.3 Å². The number of hydrogen-bond acceptors (Lipinski definition) is 2. The van der Waals surface area contributed by atoms with Gasteiger partial charge in [0, 0.05) is 19.1 Å². The number of alkyl halides is 3. The normalized spacial score (nSPS) is 28.9. The van der Waals surface area contributed by atoms with Gasteiger partial charge in [-0.1, -0.05) is 6.07 Å². The van der Waals surface area contributed by atoms with Gasteiger partial charge in [-0.05, 0) is 49.5 Å². The lowest BCUT2D eigenvalue weighted by atomic mass is 9.84. The van der Waals surface area contributed by atoms with E-state index in [0.29, 0.717) is 12.0 Å². The standard InChI is InChI=1S/C15H18F4N2/c16-12-2-1-11(13(7-12)15(17,18)19)8-20-14-9-21-5-3-10(14)4-6-21/h1-2,7,10,14,20H,3-6,8-9H2. The first-order valence-electron chi connectivity index (χ1n) is 7.25. The van der Waals surface area contributed by atoms with Crippen LogP contribution in [0.3, 0.4) is 0 Å². The van der Waals surface area contributed by atoms with Gasteiger partial charge >= 0.3 is 6.18 Å². The summed E-state index contributed by atoms with van der Waals surface area (Å²) in [4.78, 5) is 2.34. The maximum atomic E-state index is 13.1. The Morgan fingerprint density at radius 3 is 2.48 bits per heavy atom. The first-order chi connectivity index (χ1) is 9.93. The molecule has 0 aromatic heterocycles. The van der Waals surface area contributed by atoms with Gasteiger partial charge in [-0.25, -0.2) is 4.39 Å². The van der Waals surface area contributed by atoms with E-state index in [-0.39, 0.29) is 18.2 Å². The van der Waals surface area contributed by atoms with Crippen molar-refractivity contribution >= 4 is 0 Å². The summed E-state index contributed by atoms with van der Waals surface area (Å²) in [6.45, 7) is 3.21. The summed E-state index contributed by atoms with van der Waals surface area (Å²) < 4.78 is 51.9. The van der Waals surface area contributed by atoms with Gasteiger partial charge in [0.15, 0.2) is 0 Å². The molecule has 1 aromatic carbocycles. The Bertz CT molecular complexity index is 507. The fourth-order valence-corrected chi connectivity index (χ4v) is 3.40. The van der Waals surface area contributed by atoms with Crippen molar-refractivity contribution in [3.63, 3.8) is 0 Å². The van der Waals surface area contributed by atoms with Crippen LogP contribution in [0.4, 0.5) is 17.6 Å². The Morgan fingerprint density at radius 2 is 1.90 bits per heavy atom. The number of nitrogens with zero attached hydrogens (tertiary/aromatic N) is 1. The van der Waals surface area contributed by atoms with E-state index in [1.54, 1.807) is 0 Å². The monoisotopic (exact) mass is 302 g/mol. The second-order valence-corrected chi connectivity index (χ2v) is 5.92. The molecule has 3 heterocycles. The molecule has 3 aliphatic heterocycles. The lowest BCUT2D eigenvalue weighted by molar-refractivity contribution is -0.138. The molecule has 2 bridgehead atoms. The van der Waals surface area contributed by atoms with E-state index < -0.39 is 17.6 Å². The van der Waals surface area contributed by atoms with Crippen molar-refractivity contribution in [3.8, 4) is 0 Å². The van der Waals surface area contributed by atoms with Gasteiger partial charge in [0.05, 0.1) is 5.56 Å². The van der Waals surface area contributed by atoms with Crippen molar-refractivity contribution in [1.82, 2.24) is 10.2 Å². The third kappa shape index (κ3) is 3.21. The molecule has 1 unspecified atom stereocenters. The molecule has 0 spiro atoms. The van der Waals surface area contributed by atoms with E-state index in [4.69, 9.17) is 0 Å². The average molecular weight is 302 g/mol. The predicted molar refractivity (Wildman–Crippen MR) is 71.2 cm³/mol. The Labute approximate surface area is 121 Å². The van der Waals surface area contributed by atoms with Gasteiger partial charge in [0.25, 0.3) is 0 Å². The highest BCUT2D eigenvalue weighted by Crippen LogP contribution is 2.33. The number of piperidine rings is 3. The Morgan fingerprint density at radius 1 is 1.19 bits per heavy atom. The molecule has 4 rings (SSSR count). The van der Waals surface area contributed by atoms with Crippen LogP contribution in [0.1, 0.15) is 24.0 Å². The van der Waals surface area contributed by atoms with Crippen molar-refractivity contribution in [2.45, 2.75) is 31.6 Å². The van der Waals surface area contributed by atoms with Gasteiger partial charge in [-0.15, -0.1) is 0 Å². The SMILES string of the molecule is Fc1ccc(CNC2CN3CCC2CC3)c(C(F)(F)F)c1. The minimum absolute atomic E-state index is 0.111. The third-order valence-electron chi connectivity index (χ3n) is 4.59. The first-order valence-corrected chi connectivity index (χ1v) is 7.25. The van der Waals surface area contributed by atoms with E-state index in [1.165, 1.54) is 6.07 Å². The van der Waals surface area contributed by atoms with Crippen LogP contribution in [0.25, 0.3) is 0 Å². The maximum absolute atomic E-state index is 13.1. The molecule has 0 saturated carbocycles. The Hall–Kier alpha value is -1.14. The second kappa shape index (κ2) is 5.57. The zero-order valence-electron chi connectivity index (χ0n) is 11.6. The summed E-state index contributed by atoms with van der Waals surface area (Å²) in [5, 5.41) is 3.24. The summed E-state index contributed by atoms with van der Waals surface area (Å²) in [5.74, 6) is -0.307. The number of hydrogen-bond donors (Lipinski definition) is 1. The zero-order valence-corrected chi connectivity index (χ0v) is 11.6. The van der Waals surface area contributed by atoms with Crippen molar-refractivity contribution < 1.29 is 17.6 Å². The lowest BCUT2D eigenvalue weighted by Crippen LogP contribution is -2.55. The predicted octanol–water partition coefficient (Wildman–Crippen LogP) is 3.03. The van der Waals surface area contributed by atoms with Crippen LogP contribution >= 0.6 is 0 Å². The van der Waals surface area contributed by atoms with Gasteiger partial charge in [-0.3, -0.25) is 0 Å². The summed E-state index contributed by atoms with van der Waals surface area (Å²) >= 11 is 0. The minimum Gasteiger partial charge on any atom is -0.308 e. The molecule has 1 aromatic rings. The quantitative estimate of drug-likeness (QED) is 0.864. The fraction of sp³-hybridized carbons (Fsp3) is 0.600. The number of rotatable bonds is 3. The van der Waals surface area contributed by atoms with Gasteiger partial charge in [0.1, 0.15) is 5.82 Å². The molecule has 0 aliphatic carbocycles. The summed E-state index contributed by atoms with van der Waals surface area (Å²) in [6.07, 6.45) is -2.31. The fourth-order valence-electron chi connectivity index (χ4n) is 3.40. The molecule has 6 heteroatoms. The summed E-state index contributed by atoms with van der Waals surface area (Å²) in [7, 11) is 0. The number of halogens is 4. The number of fused-ring (bicyclic) bond motifs is 3. The third-order valence-corrected chi connectivity index (χ3v) is 4.59. The second-order valence-electron chi connectivity index (χ2n) is 5.92. The summed E-state index contributed by atoms with van der Waals surface area (Å²) in [6, 6.07) is 3.13. The maximum Gasteiger partial charge on any atom is 0.416 e. The molecule has 116 valence electrons. The number of benzene rings is 1. The Kier molecular flexibility index (Phi) is 3.92. The molecule has 3 fully saturated rings. The average Bonchev–Trinajstić information content (AvgIpc) is 2.46. The molecular weight excluding hydrogens is 284 g/mol. The molecule has 1 N–H and O–H groups in total. The van der Waals surface area contributed by atoms with E-state index in [2.05, 4.69) is 10.2 Å². The highest BCUT2D eigenvalue weighted by molar-refractivity contribution is 5.30. The molecule has 3 aliphatic rings. The minimum atomic E-state index is -4.52. The van der Waals surface area contributed by atoms with Crippen LogP contribution < -0.4 is 5.32 Å². The van der Waals surface area contributed by atoms with Crippen molar-refractivity contribution in [2.24, 2.45) is 5.92 Å². The van der Waals surface area contributed by atoms with Crippen LogP contribution in [-0.4, -0.2) is 30.6 Å². The highest BCUT2D eigenvalue weighted by Gasteiger charge is 2.36. The van der Waals surface area contributed by atoms with Crippen LogP contribution in [0.15, 0.2) is 18.2 Å². The van der Waals surface area contributed by atoms with Crippen molar-refractivity contribution in [1.29, 1.82) is 0 Å². The molecular formula is C15H18F4N2.